The second kappa shape index (κ2) is 15.4. The van der Waals surface area contributed by atoms with Gasteiger partial charge in [0, 0.05) is 13.0 Å². The zero-order valence-corrected chi connectivity index (χ0v) is 27.2. The van der Waals surface area contributed by atoms with Gasteiger partial charge in [0.25, 0.3) is 0 Å². The maximum absolute atomic E-state index is 13.8. The number of rotatable bonds is 12. The number of aryl methyl sites for hydroxylation is 1. The number of aliphatic hydroxyl groups is 1. The summed E-state index contributed by atoms with van der Waals surface area (Å²) in [5, 5.41) is 19.6. The first-order chi connectivity index (χ1) is 20.9. The van der Waals surface area contributed by atoms with E-state index in [2.05, 4.69) is 20.9 Å². The Balaban J connectivity index is 1.32. The number of β-amino-alcohol motifs (C(OH)–C–C–N with tert-alkyl or cyclic N) is 1. The molecule has 0 radical (unpaired) electrons. The third-order valence-corrected chi connectivity index (χ3v) is 9.14. The average Bonchev–Trinajstić information content (AvgIpc) is 3.60. The first kappa shape index (κ1) is 34.0. The number of thiazole rings is 1. The lowest BCUT2D eigenvalue weighted by molar-refractivity contribution is -0.144. The summed E-state index contributed by atoms with van der Waals surface area (Å²) in [5.74, 6) is -1.18. The third-order valence-electron chi connectivity index (χ3n) is 8.16. The van der Waals surface area contributed by atoms with Crippen molar-refractivity contribution in [3.63, 3.8) is 0 Å². The number of carbonyl (C=O) groups excluding carboxylic acids is 3. The molecule has 1 aromatic carbocycles. The first-order valence-corrected chi connectivity index (χ1v) is 16.3. The minimum absolute atomic E-state index is 0.0151. The molecule has 3 amide bonds. The van der Waals surface area contributed by atoms with Crippen LogP contribution < -0.4 is 16.0 Å². The number of likely N-dealkylation sites (tertiary alicyclic amines) is 1. The molecule has 2 aliphatic heterocycles. The highest BCUT2D eigenvalue weighted by molar-refractivity contribution is 7.13. The van der Waals surface area contributed by atoms with Gasteiger partial charge in [-0.3, -0.25) is 14.4 Å². The fraction of sp³-hybridized carbons (Fsp3) is 0.625. The number of hydrogen-bond acceptors (Lipinski definition) is 9. The Morgan fingerprint density at radius 1 is 1.14 bits per heavy atom. The maximum Gasteiger partial charge on any atom is 0.246 e. The highest BCUT2D eigenvalue weighted by atomic mass is 32.1. The minimum atomic E-state index is -0.912. The van der Waals surface area contributed by atoms with Crippen molar-refractivity contribution in [3.05, 3.63) is 41.0 Å². The van der Waals surface area contributed by atoms with Crippen LogP contribution in [0.15, 0.2) is 29.8 Å². The molecule has 12 heteroatoms. The fourth-order valence-corrected chi connectivity index (χ4v) is 6.43. The van der Waals surface area contributed by atoms with Crippen LogP contribution in [0.5, 0.6) is 0 Å². The molecular formula is C32H47N5O6S. The van der Waals surface area contributed by atoms with Crippen molar-refractivity contribution < 1.29 is 29.0 Å². The lowest BCUT2D eigenvalue weighted by atomic mass is 9.85. The topological polar surface area (TPSA) is 142 Å². The van der Waals surface area contributed by atoms with E-state index in [-0.39, 0.29) is 44.2 Å². The van der Waals surface area contributed by atoms with Crippen LogP contribution in [-0.2, 0) is 23.9 Å². The number of hydrogen-bond donors (Lipinski definition) is 4. The zero-order chi connectivity index (χ0) is 31.9. The van der Waals surface area contributed by atoms with Gasteiger partial charge in [-0.15, -0.1) is 11.3 Å². The molecular weight excluding hydrogens is 582 g/mol. The average molecular weight is 630 g/mol. The van der Waals surface area contributed by atoms with E-state index in [1.807, 2.05) is 64.4 Å². The summed E-state index contributed by atoms with van der Waals surface area (Å²) in [7, 11) is 0. The molecule has 2 aromatic rings. The van der Waals surface area contributed by atoms with Crippen LogP contribution in [0.1, 0.15) is 64.3 Å². The SMILES string of the molecule is Cc1ncsc1-c1ccc([C@H](C)NC(=O)[C@@H]2C[C@@H](O)CN2C(=O)[C@@H](NC(=O)COCCOC2CCNCC2)C(C)(C)C)cc1. The van der Waals surface area contributed by atoms with Gasteiger partial charge in [-0.2, -0.15) is 0 Å². The van der Waals surface area contributed by atoms with E-state index >= 15 is 0 Å². The number of ether oxygens (including phenoxy) is 2. The Hall–Kier alpha value is -2.90. The van der Waals surface area contributed by atoms with Gasteiger partial charge in [-0.05, 0) is 56.3 Å². The van der Waals surface area contributed by atoms with Crippen molar-refractivity contribution in [1.29, 1.82) is 0 Å². The summed E-state index contributed by atoms with van der Waals surface area (Å²) in [6, 6.07) is 5.87. The van der Waals surface area contributed by atoms with Gasteiger partial charge in [0.15, 0.2) is 0 Å². The Bertz CT molecular complexity index is 1260. The van der Waals surface area contributed by atoms with E-state index in [9.17, 15) is 19.5 Å². The number of piperidine rings is 1. The quantitative estimate of drug-likeness (QED) is 0.263. The van der Waals surface area contributed by atoms with Crippen molar-refractivity contribution in [3.8, 4) is 10.4 Å². The Kier molecular flexibility index (Phi) is 11.9. The number of aliphatic hydroxyl groups excluding tert-OH is 1. The van der Waals surface area contributed by atoms with E-state index in [0.717, 1.165) is 47.6 Å². The number of amides is 3. The van der Waals surface area contributed by atoms with Crippen molar-refractivity contribution in [1.82, 2.24) is 25.8 Å². The number of benzene rings is 1. The molecule has 2 saturated heterocycles. The van der Waals surface area contributed by atoms with Gasteiger partial charge in [0.1, 0.15) is 18.7 Å². The summed E-state index contributed by atoms with van der Waals surface area (Å²) in [6.45, 7) is 11.8. The van der Waals surface area contributed by atoms with Crippen LogP contribution in [0.2, 0.25) is 0 Å². The standard InChI is InChI=1S/C32H47N5O6S/c1-20(22-6-8-23(9-7-22)28-21(2)34-19-44-28)35-30(40)26-16-24(38)17-37(26)31(41)29(32(3,4)5)36-27(39)18-42-14-15-43-25-10-12-33-13-11-25/h6-9,19-20,24-26,29,33,38H,10-18H2,1-5H3,(H,35,40)(H,36,39)/t20-,24+,26-,29+/m0/s1. The largest absolute Gasteiger partial charge is 0.391 e. The van der Waals surface area contributed by atoms with Crippen molar-refractivity contribution in [2.45, 2.75) is 84.2 Å². The molecule has 4 N–H and O–H groups in total. The van der Waals surface area contributed by atoms with Crippen molar-refractivity contribution >= 4 is 29.1 Å². The Morgan fingerprint density at radius 3 is 2.48 bits per heavy atom. The van der Waals surface area contributed by atoms with Crippen LogP contribution in [0, 0.1) is 12.3 Å². The van der Waals surface area contributed by atoms with Crippen molar-refractivity contribution in [2.24, 2.45) is 5.41 Å². The molecule has 4 rings (SSSR count). The summed E-state index contributed by atoms with van der Waals surface area (Å²) in [4.78, 5) is 46.9. The fourth-order valence-electron chi connectivity index (χ4n) is 5.62. The molecule has 0 spiro atoms. The van der Waals surface area contributed by atoms with Gasteiger partial charge >= 0.3 is 0 Å². The number of nitrogens with one attached hydrogen (secondary N) is 3. The minimum Gasteiger partial charge on any atom is -0.391 e. The van der Waals surface area contributed by atoms with Crippen LogP contribution in [0.4, 0.5) is 0 Å². The van der Waals surface area contributed by atoms with E-state index in [1.165, 1.54) is 4.90 Å². The van der Waals surface area contributed by atoms with Crippen LogP contribution >= 0.6 is 11.3 Å². The van der Waals surface area contributed by atoms with Gasteiger partial charge in [-0.1, -0.05) is 45.0 Å². The summed E-state index contributed by atoms with van der Waals surface area (Å²) in [6.07, 6.45) is 1.41. The predicted molar refractivity (Wildman–Crippen MR) is 169 cm³/mol. The van der Waals surface area contributed by atoms with Gasteiger partial charge < -0.3 is 35.4 Å². The molecule has 2 fully saturated rings. The van der Waals surface area contributed by atoms with Crippen LogP contribution in [-0.4, -0.2) is 96.5 Å². The number of aromatic nitrogens is 1. The van der Waals surface area contributed by atoms with Crippen LogP contribution in [0.25, 0.3) is 10.4 Å². The lowest BCUT2D eigenvalue weighted by Gasteiger charge is -2.35. The number of nitrogens with zero attached hydrogens (tertiary/aromatic N) is 2. The molecule has 2 aliphatic rings. The van der Waals surface area contributed by atoms with E-state index in [4.69, 9.17) is 9.47 Å². The second-order valence-electron chi connectivity index (χ2n) is 12.8. The molecule has 0 bridgehead atoms. The highest BCUT2D eigenvalue weighted by Crippen LogP contribution is 2.29. The molecule has 44 heavy (non-hydrogen) atoms. The summed E-state index contributed by atoms with van der Waals surface area (Å²) < 4.78 is 11.3. The molecule has 242 valence electrons. The second-order valence-corrected chi connectivity index (χ2v) is 13.6. The highest BCUT2D eigenvalue weighted by Gasteiger charge is 2.44. The number of carbonyl (C=O) groups is 3. The molecule has 11 nitrogen and oxygen atoms in total. The molecule has 1 aromatic heterocycles. The van der Waals surface area contributed by atoms with Gasteiger partial charge in [0.05, 0.1) is 47.5 Å². The molecule has 0 unspecified atom stereocenters. The monoisotopic (exact) mass is 629 g/mol. The molecule has 0 saturated carbocycles. The Labute approximate surface area is 264 Å². The van der Waals surface area contributed by atoms with E-state index < -0.39 is 35.4 Å². The van der Waals surface area contributed by atoms with Crippen LogP contribution in [0.3, 0.4) is 0 Å². The predicted octanol–water partition coefficient (Wildman–Crippen LogP) is 2.57. The normalized spacial score (nSPS) is 20.7. The third kappa shape index (κ3) is 9.07. The molecule has 4 atom stereocenters. The van der Waals surface area contributed by atoms with Gasteiger partial charge in [0.2, 0.25) is 17.7 Å². The first-order valence-electron chi connectivity index (χ1n) is 15.4. The molecule has 3 heterocycles. The molecule has 0 aliphatic carbocycles. The summed E-state index contributed by atoms with van der Waals surface area (Å²) in [5.41, 5.74) is 4.13. The maximum atomic E-state index is 13.8. The zero-order valence-electron chi connectivity index (χ0n) is 26.4. The summed E-state index contributed by atoms with van der Waals surface area (Å²) >= 11 is 1.58. The van der Waals surface area contributed by atoms with Crippen molar-refractivity contribution in [2.75, 3.05) is 39.5 Å². The smallest absolute Gasteiger partial charge is 0.246 e. The van der Waals surface area contributed by atoms with Gasteiger partial charge in [-0.25, -0.2) is 4.98 Å². The van der Waals surface area contributed by atoms with E-state index in [0.29, 0.717) is 6.61 Å². The Morgan fingerprint density at radius 2 is 1.84 bits per heavy atom. The lowest BCUT2D eigenvalue weighted by Crippen LogP contribution is -2.58. The van der Waals surface area contributed by atoms with E-state index in [1.54, 1.807) is 11.3 Å².